The van der Waals surface area contributed by atoms with Gasteiger partial charge in [-0.15, -0.1) is 0 Å². The van der Waals surface area contributed by atoms with Gasteiger partial charge in [0.15, 0.2) is 6.29 Å². The van der Waals surface area contributed by atoms with Gasteiger partial charge in [-0.1, -0.05) is 6.08 Å². The number of aliphatic hydroxyl groups is 3. The van der Waals surface area contributed by atoms with Crippen molar-refractivity contribution >= 4 is 0 Å². The number of hydrogen-bond donors (Lipinski definition) is 3. The predicted octanol–water partition coefficient (Wildman–Crippen LogP) is -0.853. The smallest absolute Gasteiger partial charge is 0.188 e. The zero-order valence-electron chi connectivity index (χ0n) is 6.60. The van der Waals surface area contributed by atoms with Crippen LogP contribution < -0.4 is 0 Å². The molecule has 0 amide bonds. The summed E-state index contributed by atoms with van der Waals surface area (Å²) in [6, 6.07) is 0. The minimum Gasteiger partial charge on any atom is -0.389 e. The van der Waals surface area contributed by atoms with Crippen molar-refractivity contribution in [1.29, 1.82) is 0 Å². The van der Waals surface area contributed by atoms with Crippen molar-refractivity contribution in [2.75, 3.05) is 6.61 Å². The van der Waals surface area contributed by atoms with E-state index in [4.69, 9.17) is 4.74 Å². The SMILES string of the molecule is OC1C=C2COC(O)C2(O)CC1. The van der Waals surface area contributed by atoms with E-state index in [1.54, 1.807) is 6.08 Å². The van der Waals surface area contributed by atoms with E-state index in [0.717, 1.165) is 0 Å². The fourth-order valence-electron chi connectivity index (χ4n) is 1.75. The van der Waals surface area contributed by atoms with E-state index in [2.05, 4.69) is 0 Å². The Morgan fingerprint density at radius 2 is 2.25 bits per heavy atom. The van der Waals surface area contributed by atoms with E-state index >= 15 is 0 Å². The fourth-order valence-corrected chi connectivity index (χ4v) is 1.75. The fraction of sp³-hybridized carbons (Fsp3) is 0.750. The third-order valence-electron chi connectivity index (χ3n) is 2.58. The monoisotopic (exact) mass is 172 g/mol. The molecule has 3 N–H and O–H groups in total. The van der Waals surface area contributed by atoms with Crippen LogP contribution in [0.4, 0.5) is 0 Å². The molecule has 1 aliphatic carbocycles. The Labute approximate surface area is 70.1 Å². The molecule has 1 saturated heterocycles. The largest absolute Gasteiger partial charge is 0.389 e. The molecule has 2 aliphatic rings. The first-order chi connectivity index (χ1) is 5.63. The first-order valence-electron chi connectivity index (χ1n) is 4.04. The first-order valence-corrected chi connectivity index (χ1v) is 4.04. The molecule has 2 rings (SSSR count). The van der Waals surface area contributed by atoms with E-state index in [1.807, 2.05) is 0 Å². The molecule has 3 unspecified atom stereocenters. The molecule has 0 spiro atoms. The second-order valence-corrected chi connectivity index (χ2v) is 3.39. The van der Waals surface area contributed by atoms with Gasteiger partial charge in [-0.05, 0) is 18.4 Å². The van der Waals surface area contributed by atoms with Crippen molar-refractivity contribution in [2.24, 2.45) is 0 Å². The summed E-state index contributed by atoms with van der Waals surface area (Å²) in [5.74, 6) is 0. The lowest BCUT2D eigenvalue weighted by Gasteiger charge is -2.30. The normalized spacial score (nSPS) is 47.1. The van der Waals surface area contributed by atoms with Crippen LogP contribution in [0.15, 0.2) is 11.6 Å². The van der Waals surface area contributed by atoms with E-state index in [1.165, 1.54) is 0 Å². The molecule has 0 radical (unpaired) electrons. The zero-order chi connectivity index (χ0) is 8.77. The first kappa shape index (κ1) is 8.19. The van der Waals surface area contributed by atoms with Crippen molar-refractivity contribution in [3.05, 3.63) is 11.6 Å². The predicted molar refractivity (Wildman–Crippen MR) is 40.2 cm³/mol. The maximum absolute atomic E-state index is 9.84. The van der Waals surface area contributed by atoms with Gasteiger partial charge in [-0.3, -0.25) is 0 Å². The molecule has 0 aromatic rings. The Bertz CT molecular complexity index is 225. The molecule has 4 heteroatoms. The lowest BCUT2D eigenvalue weighted by molar-refractivity contribution is -0.158. The lowest BCUT2D eigenvalue weighted by Crippen LogP contribution is -2.42. The third-order valence-corrected chi connectivity index (χ3v) is 2.58. The summed E-state index contributed by atoms with van der Waals surface area (Å²) in [7, 11) is 0. The van der Waals surface area contributed by atoms with Crippen LogP contribution in [0.1, 0.15) is 12.8 Å². The molecule has 12 heavy (non-hydrogen) atoms. The highest BCUT2D eigenvalue weighted by Gasteiger charge is 2.47. The molecular formula is C8H12O4. The van der Waals surface area contributed by atoms with Gasteiger partial charge in [-0.25, -0.2) is 0 Å². The van der Waals surface area contributed by atoms with E-state index in [-0.39, 0.29) is 6.61 Å². The maximum atomic E-state index is 9.84. The summed E-state index contributed by atoms with van der Waals surface area (Å²) in [4.78, 5) is 0. The highest BCUT2D eigenvalue weighted by molar-refractivity contribution is 5.26. The number of rotatable bonds is 0. The molecule has 0 bridgehead atoms. The molecule has 0 aromatic carbocycles. The molecule has 4 nitrogen and oxygen atoms in total. The van der Waals surface area contributed by atoms with Crippen molar-refractivity contribution in [3.63, 3.8) is 0 Å². The molecule has 0 aromatic heterocycles. The highest BCUT2D eigenvalue weighted by Crippen LogP contribution is 2.37. The Balaban J connectivity index is 2.31. The van der Waals surface area contributed by atoms with Crippen molar-refractivity contribution in [3.8, 4) is 0 Å². The van der Waals surface area contributed by atoms with Gasteiger partial charge in [0.25, 0.3) is 0 Å². The summed E-state index contributed by atoms with van der Waals surface area (Å²) >= 11 is 0. The van der Waals surface area contributed by atoms with Crippen LogP contribution in [0.5, 0.6) is 0 Å². The Morgan fingerprint density at radius 3 is 3.00 bits per heavy atom. The van der Waals surface area contributed by atoms with Crippen molar-refractivity contribution < 1.29 is 20.1 Å². The van der Waals surface area contributed by atoms with Gasteiger partial charge in [0, 0.05) is 0 Å². The van der Waals surface area contributed by atoms with Gasteiger partial charge < -0.3 is 20.1 Å². The molecule has 68 valence electrons. The minimum absolute atomic E-state index is 0.217. The van der Waals surface area contributed by atoms with Crippen LogP contribution in [0, 0.1) is 0 Å². The topological polar surface area (TPSA) is 69.9 Å². The lowest BCUT2D eigenvalue weighted by atomic mass is 9.84. The molecule has 1 fully saturated rings. The summed E-state index contributed by atoms with van der Waals surface area (Å²) < 4.78 is 4.88. The second-order valence-electron chi connectivity index (χ2n) is 3.39. The number of ether oxygens (including phenoxy) is 1. The molecule has 0 saturated carbocycles. The van der Waals surface area contributed by atoms with Crippen molar-refractivity contribution in [1.82, 2.24) is 0 Å². The van der Waals surface area contributed by atoms with Gasteiger partial charge in [0.05, 0.1) is 12.7 Å². The third kappa shape index (κ3) is 0.998. The van der Waals surface area contributed by atoms with Crippen LogP contribution in [0.2, 0.25) is 0 Å². The number of aliphatic hydroxyl groups excluding tert-OH is 2. The van der Waals surface area contributed by atoms with E-state index < -0.39 is 18.0 Å². The average Bonchev–Trinajstić information content (AvgIpc) is 2.31. The van der Waals surface area contributed by atoms with E-state index in [0.29, 0.717) is 18.4 Å². The molecule has 1 aliphatic heterocycles. The maximum Gasteiger partial charge on any atom is 0.188 e. The molecule has 3 atom stereocenters. The Hall–Kier alpha value is -0.420. The van der Waals surface area contributed by atoms with Crippen LogP contribution >= 0.6 is 0 Å². The summed E-state index contributed by atoms with van der Waals surface area (Å²) in [5, 5.41) is 28.4. The van der Waals surface area contributed by atoms with Crippen LogP contribution in [-0.4, -0.2) is 39.9 Å². The van der Waals surface area contributed by atoms with Crippen LogP contribution in [-0.2, 0) is 4.74 Å². The molecular weight excluding hydrogens is 160 g/mol. The summed E-state index contributed by atoms with van der Waals surface area (Å²) in [6.45, 7) is 0.217. The second kappa shape index (κ2) is 2.53. The zero-order valence-corrected chi connectivity index (χ0v) is 6.60. The quantitative estimate of drug-likeness (QED) is 0.416. The van der Waals surface area contributed by atoms with Gasteiger partial charge >= 0.3 is 0 Å². The average molecular weight is 172 g/mol. The number of fused-ring (bicyclic) bond motifs is 1. The van der Waals surface area contributed by atoms with Gasteiger partial charge in [0.1, 0.15) is 5.60 Å². The van der Waals surface area contributed by atoms with Crippen molar-refractivity contribution in [2.45, 2.75) is 30.8 Å². The van der Waals surface area contributed by atoms with Gasteiger partial charge in [-0.2, -0.15) is 0 Å². The number of hydrogen-bond acceptors (Lipinski definition) is 4. The Morgan fingerprint density at radius 1 is 1.50 bits per heavy atom. The summed E-state index contributed by atoms with van der Waals surface area (Å²) in [6.07, 6.45) is 0.770. The molecule has 1 heterocycles. The standard InChI is InChI=1S/C8H12O4/c9-6-1-2-8(11)5(3-6)4-12-7(8)10/h3,6-7,9-11H,1-2,4H2. The highest BCUT2D eigenvalue weighted by atomic mass is 16.6. The Kier molecular flexibility index (Phi) is 1.73. The van der Waals surface area contributed by atoms with Crippen LogP contribution in [0.3, 0.4) is 0 Å². The van der Waals surface area contributed by atoms with Gasteiger partial charge in [0.2, 0.25) is 0 Å². The summed E-state index contributed by atoms with van der Waals surface area (Å²) in [5.41, 5.74) is -0.632. The van der Waals surface area contributed by atoms with Crippen LogP contribution in [0.25, 0.3) is 0 Å². The minimum atomic E-state index is -1.24. The van der Waals surface area contributed by atoms with E-state index in [9.17, 15) is 15.3 Å².